The molecule has 4 aromatic rings. The second kappa shape index (κ2) is 13.9. The summed E-state index contributed by atoms with van der Waals surface area (Å²) in [6.07, 6.45) is -0.632. The van der Waals surface area contributed by atoms with Crippen LogP contribution in [0.2, 0.25) is 5.02 Å². The van der Waals surface area contributed by atoms with Gasteiger partial charge in [0.05, 0.1) is 16.8 Å². The quantitative estimate of drug-likeness (QED) is 0.159. The van der Waals surface area contributed by atoms with Gasteiger partial charge in [-0.1, -0.05) is 48.8 Å². The highest BCUT2D eigenvalue weighted by molar-refractivity contribution is 6.30. The molecule has 0 atom stereocenters. The summed E-state index contributed by atoms with van der Waals surface area (Å²) in [7, 11) is 1.51. The third kappa shape index (κ3) is 7.82. The highest BCUT2D eigenvalue weighted by Crippen LogP contribution is 2.33. The van der Waals surface area contributed by atoms with Crippen molar-refractivity contribution in [2.24, 2.45) is 0 Å². The lowest BCUT2D eigenvalue weighted by Crippen LogP contribution is -2.34. The molecule has 2 heterocycles. The summed E-state index contributed by atoms with van der Waals surface area (Å²) in [5.41, 5.74) is 1.35. The fraction of sp³-hybridized carbons (Fsp3) is 0.281. The SMILES string of the molecule is CC.Cc1noc(COC(=O)c2ccccc2)c1-c1ccc(N(C)C(=O)OC(C)(C)C)nc1C(=O)c1ccc(Cl)cc1. The molecule has 2 aromatic heterocycles. The molecular weight excluding hydrogens is 558 g/mol. The van der Waals surface area contributed by atoms with Gasteiger partial charge in [0.2, 0.25) is 5.78 Å². The van der Waals surface area contributed by atoms with Crippen LogP contribution in [0.15, 0.2) is 71.3 Å². The number of amides is 1. The fourth-order valence-corrected chi connectivity index (χ4v) is 3.95. The number of carbonyl (C=O) groups is 3. The fourth-order valence-electron chi connectivity index (χ4n) is 3.82. The zero-order valence-corrected chi connectivity index (χ0v) is 25.5. The van der Waals surface area contributed by atoms with Crippen LogP contribution >= 0.6 is 11.6 Å². The number of ether oxygens (including phenoxy) is 2. The van der Waals surface area contributed by atoms with Crippen LogP contribution < -0.4 is 4.90 Å². The van der Waals surface area contributed by atoms with Gasteiger partial charge in [0.25, 0.3) is 0 Å². The highest BCUT2D eigenvalue weighted by Gasteiger charge is 2.27. The molecule has 9 nitrogen and oxygen atoms in total. The molecule has 0 saturated heterocycles. The summed E-state index contributed by atoms with van der Waals surface area (Å²) in [5, 5.41) is 4.52. The van der Waals surface area contributed by atoms with Crippen molar-refractivity contribution in [3.63, 3.8) is 0 Å². The molecule has 0 aliphatic carbocycles. The molecule has 0 N–H and O–H groups in total. The van der Waals surface area contributed by atoms with Gasteiger partial charge >= 0.3 is 12.1 Å². The van der Waals surface area contributed by atoms with Crippen molar-refractivity contribution >= 4 is 35.3 Å². The van der Waals surface area contributed by atoms with E-state index in [0.29, 0.717) is 33.0 Å². The number of carbonyl (C=O) groups excluding carboxylic acids is 3. The number of rotatable bonds is 7. The second-order valence-electron chi connectivity index (χ2n) is 9.95. The van der Waals surface area contributed by atoms with E-state index < -0.39 is 23.4 Å². The molecule has 0 fully saturated rings. The summed E-state index contributed by atoms with van der Waals surface area (Å²) < 4.78 is 16.4. The van der Waals surface area contributed by atoms with Gasteiger partial charge in [0, 0.05) is 23.2 Å². The van der Waals surface area contributed by atoms with Crippen molar-refractivity contribution in [1.29, 1.82) is 0 Å². The maximum atomic E-state index is 13.7. The molecule has 0 aliphatic heterocycles. The summed E-state index contributed by atoms with van der Waals surface area (Å²) >= 11 is 6.03. The average molecular weight is 592 g/mol. The molecule has 0 unspecified atom stereocenters. The van der Waals surface area contributed by atoms with E-state index in [1.165, 1.54) is 11.9 Å². The Balaban J connectivity index is 0.00000237. The minimum atomic E-state index is -0.723. The van der Waals surface area contributed by atoms with Crippen molar-refractivity contribution in [2.45, 2.75) is 53.8 Å². The van der Waals surface area contributed by atoms with Crippen molar-refractivity contribution in [2.75, 3.05) is 11.9 Å². The molecule has 0 aliphatic rings. The summed E-state index contributed by atoms with van der Waals surface area (Å²) in [4.78, 5) is 44.8. The number of esters is 1. The van der Waals surface area contributed by atoms with E-state index in [0.717, 1.165) is 0 Å². The molecule has 2 aromatic carbocycles. The maximum Gasteiger partial charge on any atom is 0.415 e. The molecule has 10 heteroatoms. The monoisotopic (exact) mass is 591 g/mol. The van der Waals surface area contributed by atoms with E-state index in [1.807, 2.05) is 13.8 Å². The number of aryl methyl sites for hydroxylation is 1. The Morgan fingerprint density at radius 2 is 1.57 bits per heavy atom. The zero-order chi connectivity index (χ0) is 31.0. The number of hydrogen-bond donors (Lipinski definition) is 0. The van der Waals surface area contributed by atoms with Crippen molar-refractivity contribution in [1.82, 2.24) is 10.1 Å². The van der Waals surface area contributed by atoms with Gasteiger partial charge in [-0.3, -0.25) is 9.69 Å². The van der Waals surface area contributed by atoms with Gasteiger partial charge in [-0.2, -0.15) is 0 Å². The molecule has 42 heavy (non-hydrogen) atoms. The smallest absolute Gasteiger partial charge is 0.415 e. The standard InChI is InChI=1S/C30H28ClN3O6.C2H6/c1-18-25(23(40-33-18)17-38-28(36)20-9-7-6-8-10-20)22-15-16-24(34(5)29(37)39-30(2,3)4)32-26(22)27(35)19-11-13-21(31)14-12-19;1-2/h6-16H,17H2,1-5H3;1-2H3. The minimum absolute atomic E-state index is 0.0390. The first kappa shape index (κ1) is 32.0. The summed E-state index contributed by atoms with van der Waals surface area (Å²) in [6.45, 7) is 10.7. The topological polar surface area (TPSA) is 112 Å². The van der Waals surface area contributed by atoms with Crippen LogP contribution in [-0.4, -0.2) is 40.6 Å². The Bertz CT molecular complexity index is 1540. The number of benzene rings is 2. The predicted molar refractivity (Wildman–Crippen MR) is 161 cm³/mol. The lowest BCUT2D eigenvalue weighted by Gasteiger charge is -2.24. The van der Waals surface area contributed by atoms with Gasteiger partial charge in [-0.05, 0) is 76.2 Å². The number of ketones is 1. The Morgan fingerprint density at radius 3 is 2.19 bits per heavy atom. The van der Waals surface area contributed by atoms with E-state index in [1.54, 1.807) is 94.4 Å². The third-order valence-corrected chi connectivity index (χ3v) is 6.01. The lowest BCUT2D eigenvalue weighted by atomic mass is 9.97. The van der Waals surface area contributed by atoms with Crippen LogP contribution in [0.4, 0.5) is 10.6 Å². The third-order valence-electron chi connectivity index (χ3n) is 5.76. The van der Waals surface area contributed by atoms with Crippen LogP contribution in [-0.2, 0) is 16.1 Å². The van der Waals surface area contributed by atoms with Crippen molar-refractivity contribution in [3.8, 4) is 11.1 Å². The Labute approximate surface area is 250 Å². The average Bonchev–Trinajstić information content (AvgIpc) is 3.35. The summed E-state index contributed by atoms with van der Waals surface area (Å²) in [5.74, 6) is -0.520. The molecule has 4 rings (SSSR count). The molecule has 220 valence electrons. The van der Waals surface area contributed by atoms with E-state index in [2.05, 4.69) is 10.1 Å². The normalized spacial score (nSPS) is 10.8. The first-order valence-corrected chi connectivity index (χ1v) is 13.8. The van der Waals surface area contributed by atoms with Gasteiger partial charge < -0.3 is 14.0 Å². The number of aromatic nitrogens is 2. The van der Waals surface area contributed by atoms with Gasteiger partial charge in [0.15, 0.2) is 12.4 Å². The first-order chi connectivity index (χ1) is 19.9. The highest BCUT2D eigenvalue weighted by atomic mass is 35.5. The number of halogens is 1. The first-order valence-electron chi connectivity index (χ1n) is 13.4. The molecule has 0 saturated carbocycles. The zero-order valence-electron chi connectivity index (χ0n) is 24.7. The predicted octanol–water partition coefficient (Wildman–Crippen LogP) is 7.68. The lowest BCUT2D eigenvalue weighted by molar-refractivity contribution is 0.0437. The molecular formula is C32H34ClN3O6. The Morgan fingerprint density at radius 1 is 0.929 bits per heavy atom. The maximum absolute atomic E-state index is 13.7. The molecule has 0 spiro atoms. The summed E-state index contributed by atoms with van der Waals surface area (Å²) in [6, 6.07) is 18.2. The van der Waals surface area contributed by atoms with Crippen molar-refractivity contribution in [3.05, 3.63) is 100 Å². The molecule has 0 radical (unpaired) electrons. The van der Waals surface area contributed by atoms with Crippen molar-refractivity contribution < 1.29 is 28.4 Å². The van der Waals surface area contributed by atoms with Crippen LogP contribution in [0, 0.1) is 6.92 Å². The van der Waals surface area contributed by atoms with Crippen LogP contribution in [0.1, 0.15) is 72.5 Å². The van der Waals surface area contributed by atoms with Crippen LogP contribution in [0.25, 0.3) is 11.1 Å². The number of nitrogens with zero attached hydrogens (tertiary/aromatic N) is 3. The van der Waals surface area contributed by atoms with E-state index in [-0.39, 0.29) is 23.9 Å². The number of pyridine rings is 1. The van der Waals surface area contributed by atoms with Crippen LogP contribution in [0.3, 0.4) is 0 Å². The van der Waals surface area contributed by atoms with Gasteiger partial charge in [0.1, 0.15) is 17.1 Å². The van der Waals surface area contributed by atoms with Crippen LogP contribution in [0.5, 0.6) is 0 Å². The Kier molecular flexibility index (Phi) is 10.6. The van der Waals surface area contributed by atoms with E-state index in [9.17, 15) is 14.4 Å². The minimum Gasteiger partial charge on any atom is -0.454 e. The van der Waals surface area contributed by atoms with Gasteiger partial charge in [-0.15, -0.1) is 0 Å². The molecule has 0 bridgehead atoms. The van der Waals surface area contributed by atoms with E-state index in [4.69, 9.17) is 25.6 Å². The second-order valence-corrected chi connectivity index (χ2v) is 10.4. The Hall–Kier alpha value is -4.50. The number of hydrogen-bond acceptors (Lipinski definition) is 8. The largest absolute Gasteiger partial charge is 0.454 e. The van der Waals surface area contributed by atoms with E-state index >= 15 is 0 Å². The number of anilines is 1. The van der Waals surface area contributed by atoms with Gasteiger partial charge in [-0.25, -0.2) is 14.6 Å². The molecule has 1 amide bonds.